The predicted molar refractivity (Wildman–Crippen MR) is 84.8 cm³/mol. The van der Waals surface area contributed by atoms with E-state index in [0.29, 0.717) is 0 Å². The highest BCUT2D eigenvalue weighted by atomic mass is 35.5. The minimum Gasteiger partial charge on any atom is -0.493 e. The molecule has 4 heteroatoms. The number of ether oxygens (including phenoxy) is 2. The van der Waals surface area contributed by atoms with E-state index >= 15 is 0 Å². The summed E-state index contributed by atoms with van der Waals surface area (Å²) in [5.41, 5.74) is 1.09. The maximum Gasteiger partial charge on any atom is 0.122 e. The van der Waals surface area contributed by atoms with Crippen molar-refractivity contribution < 1.29 is 9.47 Å². The summed E-state index contributed by atoms with van der Waals surface area (Å²) in [6.07, 6.45) is 4.75. The van der Waals surface area contributed by atoms with Crippen molar-refractivity contribution in [2.45, 2.75) is 19.3 Å². The molecule has 0 spiro atoms. The van der Waals surface area contributed by atoms with Crippen molar-refractivity contribution in [2.75, 3.05) is 33.4 Å². The first-order chi connectivity index (χ1) is 9.77. The molecule has 0 aliphatic carbocycles. The molecule has 0 fully saturated rings. The lowest BCUT2D eigenvalue weighted by molar-refractivity contribution is 0.199. The quantitative estimate of drug-likeness (QED) is 0.501. The molecule has 0 saturated carbocycles. The number of allylic oxidation sites excluding steroid dienone is 1. The van der Waals surface area contributed by atoms with E-state index in [1.54, 1.807) is 7.11 Å². The molecule has 0 unspecified atom stereocenters. The van der Waals surface area contributed by atoms with Crippen molar-refractivity contribution in [3.8, 4) is 5.75 Å². The van der Waals surface area contributed by atoms with Crippen LogP contribution >= 0.6 is 11.6 Å². The van der Waals surface area contributed by atoms with Crippen LogP contribution in [0, 0.1) is 0 Å². The predicted octanol–water partition coefficient (Wildman–Crippen LogP) is 3.46. The lowest BCUT2D eigenvalue weighted by atomic mass is 10.1. The van der Waals surface area contributed by atoms with E-state index in [-0.39, 0.29) is 0 Å². The van der Waals surface area contributed by atoms with Gasteiger partial charge in [-0.15, -0.1) is 6.58 Å². The zero-order valence-electron chi connectivity index (χ0n) is 12.2. The molecule has 0 heterocycles. The second kappa shape index (κ2) is 10.7. The summed E-state index contributed by atoms with van der Waals surface area (Å²) in [5, 5.41) is 4.05. The van der Waals surface area contributed by atoms with E-state index in [4.69, 9.17) is 21.1 Å². The molecule has 0 saturated heterocycles. The van der Waals surface area contributed by atoms with Gasteiger partial charge in [-0.25, -0.2) is 0 Å². The molecule has 112 valence electrons. The van der Waals surface area contributed by atoms with Gasteiger partial charge in [0, 0.05) is 18.7 Å². The fourth-order valence-electron chi connectivity index (χ4n) is 1.84. The van der Waals surface area contributed by atoms with E-state index < -0.39 is 0 Å². The van der Waals surface area contributed by atoms with Crippen LogP contribution in [0.4, 0.5) is 0 Å². The van der Waals surface area contributed by atoms with Crippen LogP contribution in [0.2, 0.25) is 5.02 Å². The Balaban J connectivity index is 2.22. The standard InChI is InChI=1S/C16H24ClNO2/c1-3-6-14-13-15(17)7-8-16(14)20-11-5-4-9-18-10-12-19-2/h3,7-8,13,18H,1,4-6,9-12H2,2H3. The summed E-state index contributed by atoms with van der Waals surface area (Å²) in [7, 11) is 1.71. The Morgan fingerprint density at radius 2 is 2.10 bits per heavy atom. The van der Waals surface area contributed by atoms with Crippen LogP contribution in [-0.2, 0) is 11.2 Å². The lowest BCUT2D eigenvalue weighted by Gasteiger charge is -2.11. The van der Waals surface area contributed by atoms with Gasteiger partial charge in [0.2, 0.25) is 0 Å². The molecule has 1 aromatic rings. The average Bonchev–Trinajstić information content (AvgIpc) is 2.44. The molecular weight excluding hydrogens is 274 g/mol. The molecule has 0 radical (unpaired) electrons. The maximum atomic E-state index is 5.99. The molecular formula is C16H24ClNO2. The summed E-state index contributed by atoms with van der Waals surface area (Å²) in [6, 6.07) is 5.72. The summed E-state index contributed by atoms with van der Waals surface area (Å²) >= 11 is 5.99. The highest BCUT2D eigenvalue weighted by Gasteiger charge is 2.03. The van der Waals surface area contributed by atoms with Gasteiger partial charge in [-0.1, -0.05) is 17.7 Å². The van der Waals surface area contributed by atoms with Crippen molar-refractivity contribution >= 4 is 11.6 Å². The second-order valence-electron chi connectivity index (χ2n) is 4.54. The summed E-state index contributed by atoms with van der Waals surface area (Å²) < 4.78 is 10.8. The van der Waals surface area contributed by atoms with Crippen molar-refractivity contribution in [3.63, 3.8) is 0 Å². The van der Waals surface area contributed by atoms with Gasteiger partial charge in [-0.05, 0) is 49.6 Å². The Morgan fingerprint density at radius 1 is 1.25 bits per heavy atom. The zero-order valence-corrected chi connectivity index (χ0v) is 12.9. The number of unbranched alkanes of at least 4 members (excludes halogenated alkanes) is 1. The number of rotatable bonds is 11. The Hall–Kier alpha value is -1.03. The van der Waals surface area contributed by atoms with Crippen LogP contribution in [0.1, 0.15) is 18.4 Å². The molecule has 1 N–H and O–H groups in total. The van der Waals surface area contributed by atoms with Gasteiger partial charge in [0.1, 0.15) is 5.75 Å². The van der Waals surface area contributed by atoms with Gasteiger partial charge >= 0.3 is 0 Å². The van der Waals surface area contributed by atoms with Crippen molar-refractivity contribution in [3.05, 3.63) is 41.4 Å². The first kappa shape index (κ1) is 17.0. The first-order valence-corrected chi connectivity index (χ1v) is 7.37. The van der Waals surface area contributed by atoms with Gasteiger partial charge in [0.15, 0.2) is 0 Å². The number of methoxy groups -OCH3 is 1. The van der Waals surface area contributed by atoms with Crippen LogP contribution in [0.15, 0.2) is 30.9 Å². The Bertz CT molecular complexity index is 396. The topological polar surface area (TPSA) is 30.5 Å². The second-order valence-corrected chi connectivity index (χ2v) is 4.98. The fourth-order valence-corrected chi connectivity index (χ4v) is 2.03. The van der Waals surface area contributed by atoms with Crippen LogP contribution in [0.3, 0.4) is 0 Å². The van der Waals surface area contributed by atoms with Gasteiger partial charge in [-0.3, -0.25) is 0 Å². The van der Waals surface area contributed by atoms with E-state index in [0.717, 1.165) is 61.9 Å². The van der Waals surface area contributed by atoms with Gasteiger partial charge in [-0.2, -0.15) is 0 Å². The molecule has 0 aliphatic rings. The number of nitrogens with one attached hydrogen (secondary N) is 1. The molecule has 0 aliphatic heterocycles. The third-order valence-corrected chi connectivity index (χ3v) is 3.11. The van der Waals surface area contributed by atoms with Crippen LogP contribution in [-0.4, -0.2) is 33.4 Å². The van der Waals surface area contributed by atoms with Crippen LogP contribution < -0.4 is 10.1 Å². The van der Waals surface area contributed by atoms with E-state index in [2.05, 4.69) is 11.9 Å². The van der Waals surface area contributed by atoms with Gasteiger partial charge < -0.3 is 14.8 Å². The molecule has 3 nitrogen and oxygen atoms in total. The molecule has 1 rings (SSSR count). The third-order valence-electron chi connectivity index (χ3n) is 2.88. The zero-order chi connectivity index (χ0) is 14.6. The van der Waals surface area contributed by atoms with E-state index in [9.17, 15) is 0 Å². The summed E-state index contributed by atoms with van der Waals surface area (Å²) in [4.78, 5) is 0. The third kappa shape index (κ3) is 6.94. The summed E-state index contributed by atoms with van der Waals surface area (Å²) in [5.74, 6) is 0.904. The lowest BCUT2D eigenvalue weighted by Crippen LogP contribution is -2.20. The minimum absolute atomic E-state index is 0.720. The van der Waals surface area contributed by atoms with Crippen LogP contribution in [0.5, 0.6) is 5.75 Å². The van der Waals surface area contributed by atoms with Crippen molar-refractivity contribution in [1.82, 2.24) is 5.32 Å². The van der Waals surface area contributed by atoms with Crippen molar-refractivity contribution in [1.29, 1.82) is 0 Å². The van der Waals surface area contributed by atoms with E-state index in [1.807, 2.05) is 24.3 Å². The molecule has 20 heavy (non-hydrogen) atoms. The SMILES string of the molecule is C=CCc1cc(Cl)ccc1OCCCCNCCOC. The first-order valence-electron chi connectivity index (χ1n) is 6.99. The summed E-state index contributed by atoms with van der Waals surface area (Å²) in [6.45, 7) is 7.12. The van der Waals surface area contributed by atoms with Crippen LogP contribution in [0.25, 0.3) is 0 Å². The normalized spacial score (nSPS) is 10.5. The molecule has 0 atom stereocenters. The highest BCUT2D eigenvalue weighted by Crippen LogP contribution is 2.23. The fraction of sp³-hybridized carbons (Fsp3) is 0.500. The Morgan fingerprint density at radius 3 is 2.85 bits per heavy atom. The smallest absolute Gasteiger partial charge is 0.122 e. The van der Waals surface area contributed by atoms with Crippen molar-refractivity contribution in [2.24, 2.45) is 0 Å². The largest absolute Gasteiger partial charge is 0.493 e. The molecule has 0 amide bonds. The Kier molecular flexibility index (Phi) is 9.13. The molecule has 0 aromatic heterocycles. The maximum absolute atomic E-state index is 5.99. The molecule has 1 aromatic carbocycles. The van der Waals surface area contributed by atoms with E-state index in [1.165, 1.54) is 0 Å². The monoisotopic (exact) mass is 297 g/mol. The highest BCUT2D eigenvalue weighted by molar-refractivity contribution is 6.30. The van der Waals surface area contributed by atoms with Gasteiger partial charge in [0.25, 0.3) is 0 Å². The van der Waals surface area contributed by atoms with Gasteiger partial charge in [0.05, 0.1) is 13.2 Å². The number of halogens is 1. The number of benzene rings is 1. The number of hydrogen-bond acceptors (Lipinski definition) is 3. The Labute approximate surface area is 126 Å². The minimum atomic E-state index is 0.720. The molecule has 0 bridgehead atoms. The number of hydrogen-bond donors (Lipinski definition) is 1. The average molecular weight is 298 g/mol.